The third-order valence-corrected chi connectivity index (χ3v) is 12.5. The number of rotatable bonds is 43. The summed E-state index contributed by atoms with van der Waals surface area (Å²) in [6, 6.07) is 0. The molecule has 0 spiro atoms. The number of ether oxygens (including phenoxy) is 2. The maximum absolute atomic E-state index is 12.9. The minimum atomic E-state index is -3.18. The zero-order valence-electron chi connectivity index (χ0n) is 35.8. The van der Waals surface area contributed by atoms with Crippen LogP contribution >= 0.6 is 7.60 Å². The van der Waals surface area contributed by atoms with Gasteiger partial charge in [-0.1, -0.05) is 194 Å². The van der Waals surface area contributed by atoms with Gasteiger partial charge in [0, 0.05) is 12.8 Å². The molecule has 0 fully saturated rings. The summed E-state index contributed by atoms with van der Waals surface area (Å²) in [5, 5.41) is 0. The van der Waals surface area contributed by atoms with E-state index in [2.05, 4.69) is 13.8 Å². The maximum Gasteiger partial charge on any atom is 0.330 e. The van der Waals surface area contributed by atoms with Crippen LogP contribution in [0.4, 0.5) is 0 Å². The summed E-state index contributed by atoms with van der Waals surface area (Å²) >= 11 is 0. The van der Waals surface area contributed by atoms with Crippen molar-refractivity contribution < 1.29 is 32.7 Å². The molecule has 8 heteroatoms. The zero-order chi connectivity index (χ0) is 38.9. The minimum absolute atomic E-state index is 0.0374. The van der Waals surface area contributed by atoms with Crippen LogP contribution < -0.4 is 0 Å². The van der Waals surface area contributed by atoms with Crippen molar-refractivity contribution in [1.82, 2.24) is 0 Å². The molecule has 0 aliphatic carbocycles. The van der Waals surface area contributed by atoms with Crippen LogP contribution in [0.25, 0.3) is 0 Å². The van der Waals surface area contributed by atoms with Gasteiger partial charge in [0.1, 0.15) is 12.7 Å². The molecular formula is C45H89O7P. The normalized spacial score (nSPS) is 12.3. The summed E-state index contributed by atoms with van der Waals surface area (Å²) in [6.45, 7) is 8.80. The van der Waals surface area contributed by atoms with Crippen LogP contribution in [-0.2, 0) is 32.7 Å². The lowest BCUT2D eigenvalue weighted by Gasteiger charge is -2.20. The van der Waals surface area contributed by atoms with Gasteiger partial charge in [-0.05, 0) is 39.5 Å². The standard InChI is InChI=1S/C45H89O7P/c1-5-9-11-13-15-17-19-21-23-25-27-29-31-33-35-39-44(46)49-42-43(38-37-41-53(48,50-7-3)51-8-4)52-45(47)40-36-34-32-30-28-26-24-22-20-18-16-14-12-10-6-2/h43H,5-42H2,1-4H3. The first kappa shape index (κ1) is 52.1. The Morgan fingerprint density at radius 3 is 1.09 bits per heavy atom. The van der Waals surface area contributed by atoms with Gasteiger partial charge >= 0.3 is 19.5 Å². The average molecular weight is 773 g/mol. The first-order chi connectivity index (χ1) is 25.9. The number of unbranched alkanes of at least 4 members (excludes halogenated alkanes) is 28. The fourth-order valence-electron chi connectivity index (χ4n) is 7.03. The van der Waals surface area contributed by atoms with Crippen molar-refractivity contribution in [3.63, 3.8) is 0 Å². The van der Waals surface area contributed by atoms with Crippen molar-refractivity contribution in [2.24, 2.45) is 0 Å². The third-order valence-electron chi connectivity index (χ3n) is 10.3. The van der Waals surface area contributed by atoms with Crippen molar-refractivity contribution >= 4 is 19.5 Å². The van der Waals surface area contributed by atoms with E-state index in [4.69, 9.17) is 18.5 Å². The molecule has 0 saturated heterocycles. The van der Waals surface area contributed by atoms with Crippen LogP contribution in [0.2, 0.25) is 0 Å². The molecule has 0 aromatic heterocycles. The smallest absolute Gasteiger partial charge is 0.330 e. The van der Waals surface area contributed by atoms with E-state index in [0.717, 1.165) is 38.5 Å². The first-order valence-electron chi connectivity index (χ1n) is 23.1. The van der Waals surface area contributed by atoms with Crippen LogP contribution in [0.3, 0.4) is 0 Å². The molecule has 0 aliphatic heterocycles. The fourth-order valence-corrected chi connectivity index (χ4v) is 8.72. The highest BCUT2D eigenvalue weighted by Gasteiger charge is 2.25. The molecule has 0 heterocycles. The molecule has 53 heavy (non-hydrogen) atoms. The minimum Gasteiger partial charge on any atom is -0.462 e. The Hall–Kier alpha value is -0.910. The first-order valence-corrected chi connectivity index (χ1v) is 24.9. The lowest BCUT2D eigenvalue weighted by molar-refractivity contribution is -0.159. The van der Waals surface area contributed by atoms with Gasteiger partial charge in [0.05, 0.1) is 19.4 Å². The molecule has 0 bridgehead atoms. The summed E-state index contributed by atoms with van der Waals surface area (Å²) in [4.78, 5) is 25.3. The predicted octanol–water partition coefficient (Wildman–Crippen LogP) is 15.0. The Bertz CT molecular complexity index is 826. The van der Waals surface area contributed by atoms with E-state index < -0.39 is 13.7 Å². The summed E-state index contributed by atoms with van der Waals surface area (Å²) in [6.07, 6.45) is 39.9. The Labute approximate surface area is 329 Å². The van der Waals surface area contributed by atoms with E-state index >= 15 is 0 Å². The zero-order valence-corrected chi connectivity index (χ0v) is 36.6. The Balaban J connectivity index is 4.24. The number of hydrogen-bond donors (Lipinski definition) is 0. The van der Waals surface area contributed by atoms with Gasteiger partial charge in [0.15, 0.2) is 0 Å². The second kappa shape index (κ2) is 40.7. The molecule has 1 unspecified atom stereocenters. The van der Waals surface area contributed by atoms with Crippen molar-refractivity contribution in [2.45, 2.75) is 252 Å². The Morgan fingerprint density at radius 1 is 0.434 bits per heavy atom. The van der Waals surface area contributed by atoms with Crippen LogP contribution in [0.15, 0.2) is 0 Å². The molecule has 0 aliphatic rings. The quantitative estimate of drug-likeness (QED) is 0.0346. The molecule has 1 atom stereocenters. The molecule has 0 N–H and O–H groups in total. The molecule has 316 valence electrons. The van der Waals surface area contributed by atoms with Gasteiger partial charge in [-0.25, -0.2) is 0 Å². The summed E-state index contributed by atoms with van der Waals surface area (Å²) < 4.78 is 35.2. The van der Waals surface area contributed by atoms with E-state index in [1.807, 2.05) is 0 Å². The van der Waals surface area contributed by atoms with Crippen molar-refractivity contribution in [3.8, 4) is 0 Å². The highest BCUT2D eigenvalue weighted by atomic mass is 31.2. The predicted molar refractivity (Wildman–Crippen MR) is 225 cm³/mol. The maximum atomic E-state index is 12.9. The van der Waals surface area contributed by atoms with Crippen LogP contribution in [0, 0.1) is 0 Å². The van der Waals surface area contributed by atoms with Gasteiger partial charge in [0.25, 0.3) is 0 Å². The molecule has 0 radical (unpaired) electrons. The molecule has 0 aromatic carbocycles. The molecule has 0 amide bonds. The number of hydrogen-bond acceptors (Lipinski definition) is 7. The van der Waals surface area contributed by atoms with Crippen molar-refractivity contribution in [2.75, 3.05) is 26.0 Å². The summed E-state index contributed by atoms with van der Waals surface area (Å²) in [5.74, 6) is -0.488. The molecule has 0 saturated carbocycles. The van der Waals surface area contributed by atoms with E-state index in [-0.39, 0.29) is 24.7 Å². The van der Waals surface area contributed by atoms with Crippen LogP contribution in [0.1, 0.15) is 246 Å². The van der Waals surface area contributed by atoms with Gasteiger partial charge in [-0.15, -0.1) is 0 Å². The highest BCUT2D eigenvalue weighted by Crippen LogP contribution is 2.48. The van der Waals surface area contributed by atoms with Crippen molar-refractivity contribution in [1.29, 1.82) is 0 Å². The van der Waals surface area contributed by atoms with Gasteiger partial charge in [-0.2, -0.15) is 0 Å². The second-order valence-electron chi connectivity index (χ2n) is 15.5. The Kier molecular flexibility index (Phi) is 40.0. The number of carbonyl (C=O) groups is 2. The Morgan fingerprint density at radius 2 is 0.755 bits per heavy atom. The van der Waals surface area contributed by atoms with Gasteiger partial charge in [0.2, 0.25) is 0 Å². The number of esters is 2. The second-order valence-corrected chi connectivity index (χ2v) is 17.7. The van der Waals surface area contributed by atoms with E-state index in [9.17, 15) is 14.2 Å². The van der Waals surface area contributed by atoms with E-state index in [1.165, 1.54) is 154 Å². The summed E-state index contributed by atoms with van der Waals surface area (Å²) in [5.41, 5.74) is 0. The SMILES string of the molecule is CCCCCCCCCCCCCCCCCC(=O)OCC(CCCP(=O)(OCC)OCC)OC(=O)CCCCCCCCCCCCCCCCC. The molecular weight excluding hydrogens is 683 g/mol. The third kappa shape index (κ3) is 37.8. The van der Waals surface area contributed by atoms with Gasteiger partial charge in [-0.3, -0.25) is 14.2 Å². The van der Waals surface area contributed by atoms with Crippen molar-refractivity contribution in [3.05, 3.63) is 0 Å². The molecule has 7 nitrogen and oxygen atoms in total. The average Bonchev–Trinajstić information content (AvgIpc) is 3.14. The lowest BCUT2D eigenvalue weighted by Crippen LogP contribution is -2.25. The number of carbonyl (C=O) groups excluding carboxylic acids is 2. The van der Waals surface area contributed by atoms with Gasteiger partial charge < -0.3 is 18.5 Å². The van der Waals surface area contributed by atoms with E-state index in [0.29, 0.717) is 38.9 Å². The van der Waals surface area contributed by atoms with E-state index in [1.54, 1.807) is 13.8 Å². The highest BCUT2D eigenvalue weighted by molar-refractivity contribution is 7.53. The molecule has 0 aromatic rings. The largest absolute Gasteiger partial charge is 0.462 e. The summed E-state index contributed by atoms with van der Waals surface area (Å²) in [7, 11) is -3.18. The molecule has 0 rings (SSSR count). The van der Waals surface area contributed by atoms with Crippen LogP contribution in [0.5, 0.6) is 0 Å². The monoisotopic (exact) mass is 773 g/mol. The van der Waals surface area contributed by atoms with Crippen LogP contribution in [-0.4, -0.2) is 44.0 Å². The topological polar surface area (TPSA) is 88.1 Å². The fraction of sp³-hybridized carbons (Fsp3) is 0.956. The lowest BCUT2D eigenvalue weighted by atomic mass is 10.0.